The van der Waals surface area contributed by atoms with E-state index in [9.17, 15) is 21.6 Å². The smallest absolute Gasteiger partial charge is 0.333 e. The lowest BCUT2D eigenvalue weighted by molar-refractivity contribution is -0.150. The third kappa shape index (κ3) is 11.5. The standard InChI is InChI=1S/C24H29N3O6S.C19H21N3O4S/c1-24(2,23(28)33-5)27-15-14-22(25-27)34(29,30)26(16-18-6-10-20(31-3)11-7-18)17-19-8-12-21(32-4)13-9-19;1-25-17-7-3-15(4-8-17)13-22(27(23,24)19-11-12-20-21-19)14-16-5-9-18(26-2)10-6-16/h6-15H,16-17H2,1-5H3;3-12H,13-14H2,1-2H3,(H,20,21). The number of carbonyl (C=O) groups is 1. The van der Waals surface area contributed by atoms with Gasteiger partial charge in [0.05, 0.1) is 41.7 Å². The van der Waals surface area contributed by atoms with Gasteiger partial charge in [0, 0.05) is 32.4 Å². The Morgan fingerprint density at radius 2 is 0.934 bits per heavy atom. The summed E-state index contributed by atoms with van der Waals surface area (Å²) in [4.78, 5) is 12.2. The van der Waals surface area contributed by atoms with Gasteiger partial charge in [0.2, 0.25) is 0 Å². The monoisotopic (exact) mass is 874 g/mol. The number of aromatic amines is 1. The van der Waals surface area contributed by atoms with Crippen LogP contribution >= 0.6 is 0 Å². The zero-order valence-electron chi connectivity index (χ0n) is 35.0. The Morgan fingerprint density at radius 1 is 0.574 bits per heavy atom. The van der Waals surface area contributed by atoms with Crippen LogP contribution in [0.4, 0.5) is 0 Å². The highest BCUT2D eigenvalue weighted by molar-refractivity contribution is 7.89. The number of rotatable bonds is 18. The van der Waals surface area contributed by atoms with Gasteiger partial charge in [-0.25, -0.2) is 21.6 Å². The van der Waals surface area contributed by atoms with Gasteiger partial charge in [-0.15, -0.1) is 0 Å². The molecule has 0 bridgehead atoms. The van der Waals surface area contributed by atoms with E-state index in [2.05, 4.69) is 15.3 Å². The van der Waals surface area contributed by atoms with Crippen LogP contribution in [0, 0.1) is 0 Å². The molecule has 1 N–H and O–H groups in total. The predicted octanol–water partition coefficient (Wildman–Crippen LogP) is 6.02. The molecule has 61 heavy (non-hydrogen) atoms. The van der Waals surface area contributed by atoms with Crippen LogP contribution in [0.3, 0.4) is 0 Å². The second-order valence-electron chi connectivity index (χ2n) is 14.0. The number of H-pyrrole nitrogens is 1. The number of carbonyl (C=O) groups excluding carboxylic acids is 1. The van der Waals surface area contributed by atoms with E-state index in [1.807, 2.05) is 72.8 Å². The maximum absolute atomic E-state index is 13.7. The van der Waals surface area contributed by atoms with E-state index in [4.69, 9.17) is 23.7 Å². The van der Waals surface area contributed by atoms with Crippen LogP contribution in [-0.2, 0) is 61.3 Å². The molecule has 0 aliphatic heterocycles. The summed E-state index contributed by atoms with van der Waals surface area (Å²) in [6, 6.07) is 31.8. The van der Waals surface area contributed by atoms with Gasteiger partial charge < -0.3 is 23.7 Å². The van der Waals surface area contributed by atoms with Crippen molar-refractivity contribution in [2.24, 2.45) is 0 Å². The van der Waals surface area contributed by atoms with Crippen molar-refractivity contribution in [1.29, 1.82) is 0 Å². The Bertz CT molecular complexity index is 2430. The van der Waals surface area contributed by atoms with Crippen molar-refractivity contribution in [3.05, 3.63) is 144 Å². The first-order valence-electron chi connectivity index (χ1n) is 18.8. The van der Waals surface area contributed by atoms with E-state index < -0.39 is 31.6 Å². The zero-order valence-corrected chi connectivity index (χ0v) is 36.6. The third-order valence-electron chi connectivity index (χ3n) is 9.59. The van der Waals surface area contributed by atoms with E-state index in [-0.39, 0.29) is 36.2 Å². The van der Waals surface area contributed by atoms with Gasteiger partial charge in [-0.2, -0.15) is 18.8 Å². The predicted molar refractivity (Wildman–Crippen MR) is 227 cm³/mol. The molecule has 0 saturated carbocycles. The number of nitrogens with one attached hydrogen (secondary N) is 1. The third-order valence-corrected chi connectivity index (χ3v) is 13.0. The average molecular weight is 875 g/mol. The van der Waals surface area contributed by atoms with Crippen molar-refractivity contribution in [3.8, 4) is 23.0 Å². The Kier molecular flexibility index (Phi) is 15.3. The van der Waals surface area contributed by atoms with Crippen molar-refractivity contribution < 1.29 is 45.3 Å². The van der Waals surface area contributed by atoms with Crippen LogP contribution in [-0.4, -0.2) is 86.9 Å². The summed E-state index contributed by atoms with van der Waals surface area (Å²) in [5.74, 6) is 2.26. The largest absolute Gasteiger partial charge is 0.497 e. The highest BCUT2D eigenvalue weighted by atomic mass is 32.2. The summed E-state index contributed by atoms with van der Waals surface area (Å²) in [7, 11) is -0.148. The number of esters is 1. The zero-order chi connectivity index (χ0) is 44.2. The van der Waals surface area contributed by atoms with E-state index in [1.54, 1.807) is 66.6 Å². The second-order valence-corrected chi connectivity index (χ2v) is 17.8. The maximum Gasteiger partial charge on any atom is 0.333 e. The molecule has 0 fully saturated rings. The Balaban J connectivity index is 0.000000237. The molecule has 0 aliphatic carbocycles. The molecule has 2 aromatic heterocycles. The van der Waals surface area contributed by atoms with Gasteiger partial charge in [-0.3, -0.25) is 9.78 Å². The minimum Gasteiger partial charge on any atom is -0.497 e. The van der Waals surface area contributed by atoms with Crippen molar-refractivity contribution in [2.45, 2.75) is 55.6 Å². The summed E-state index contributed by atoms with van der Waals surface area (Å²) in [6.45, 7) is 3.88. The Labute approximate surface area is 356 Å². The highest BCUT2D eigenvalue weighted by Gasteiger charge is 2.35. The summed E-state index contributed by atoms with van der Waals surface area (Å²) in [5, 5.41) is 10.4. The fraction of sp³-hybridized carbons (Fsp3) is 0.279. The first-order valence-corrected chi connectivity index (χ1v) is 21.7. The van der Waals surface area contributed by atoms with Crippen LogP contribution in [0.25, 0.3) is 0 Å². The lowest BCUT2D eigenvalue weighted by Crippen LogP contribution is -2.37. The van der Waals surface area contributed by atoms with Crippen LogP contribution < -0.4 is 18.9 Å². The molecular formula is C43H50N6O10S2. The molecular weight excluding hydrogens is 825 g/mol. The molecule has 0 unspecified atom stereocenters. The Hall–Kier alpha value is -6.21. The van der Waals surface area contributed by atoms with Gasteiger partial charge in [0.1, 0.15) is 23.0 Å². The quantitative estimate of drug-likeness (QED) is 0.0993. The van der Waals surface area contributed by atoms with Crippen molar-refractivity contribution in [3.63, 3.8) is 0 Å². The molecule has 0 radical (unpaired) electrons. The summed E-state index contributed by atoms with van der Waals surface area (Å²) >= 11 is 0. The maximum atomic E-state index is 13.7. The van der Waals surface area contributed by atoms with Crippen LogP contribution in [0.2, 0.25) is 0 Å². The fourth-order valence-electron chi connectivity index (χ4n) is 5.95. The van der Waals surface area contributed by atoms with Crippen LogP contribution in [0.15, 0.2) is 132 Å². The molecule has 0 atom stereocenters. The number of nitrogens with zero attached hydrogens (tertiary/aromatic N) is 5. The van der Waals surface area contributed by atoms with Crippen molar-refractivity contribution in [2.75, 3.05) is 35.5 Å². The molecule has 4 aromatic carbocycles. The van der Waals surface area contributed by atoms with E-state index >= 15 is 0 Å². The summed E-state index contributed by atoms with van der Waals surface area (Å²) in [6.07, 6.45) is 2.88. The molecule has 6 rings (SSSR count). The molecule has 0 aliphatic rings. The van der Waals surface area contributed by atoms with Gasteiger partial charge in [0.25, 0.3) is 20.0 Å². The fourth-order valence-corrected chi connectivity index (χ4v) is 8.59. The van der Waals surface area contributed by atoms with Crippen LogP contribution in [0.1, 0.15) is 36.1 Å². The lowest BCUT2D eigenvalue weighted by Gasteiger charge is -2.23. The molecule has 0 spiro atoms. The number of ether oxygens (including phenoxy) is 5. The highest BCUT2D eigenvalue weighted by Crippen LogP contribution is 2.26. The molecule has 18 heteroatoms. The number of hydrogen-bond donors (Lipinski definition) is 1. The SMILES string of the molecule is COC(=O)C(C)(C)n1ccc(S(=O)(=O)N(Cc2ccc(OC)cc2)Cc2ccc(OC)cc2)n1.COc1ccc(CN(Cc2ccc(OC)cc2)S(=O)(=O)c2ccn[nH]2)cc1. The first-order chi connectivity index (χ1) is 29.1. The van der Waals surface area contributed by atoms with E-state index in [0.29, 0.717) is 11.5 Å². The number of hydrogen-bond acceptors (Lipinski definition) is 12. The molecule has 16 nitrogen and oxygen atoms in total. The average Bonchev–Trinajstić information content (AvgIpc) is 4.03. The number of methoxy groups -OCH3 is 5. The number of sulfonamides is 2. The molecule has 0 saturated heterocycles. The molecule has 324 valence electrons. The minimum atomic E-state index is -4.01. The number of aromatic nitrogens is 4. The van der Waals surface area contributed by atoms with Gasteiger partial charge >= 0.3 is 5.97 Å². The van der Waals surface area contributed by atoms with Crippen molar-refractivity contribution >= 4 is 26.0 Å². The van der Waals surface area contributed by atoms with Gasteiger partial charge in [0.15, 0.2) is 15.6 Å². The van der Waals surface area contributed by atoms with Crippen LogP contribution in [0.5, 0.6) is 23.0 Å². The van der Waals surface area contributed by atoms with Gasteiger partial charge in [-0.05, 0) is 96.8 Å². The minimum absolute atomic E-state index is 0.0597. The molecule has 0 amide bonds. The summed E-state index contributed by atoms with van der Waals surface area (Å²) in [5.41, 5.74) is 2.11. The van der Waals surface area contributed by atoms with Gasteiger partial charge in [-0.1, -0.05) is 48.5 Å². The summed E-state index contributed by atoms with van der Waals surface area (Å²) < 4.78 is 83.0. The van der Waals surface area contributed by atoms with Crippen molar-refractivity contribution in [1.82, 2.24) is 28.6 Å². The lowest BCUT2D eigenvalue weighted by atomic mass is 10.1. The van der Waals surface area contributed by atoms with E-state index in [1.165, 1.54) is 44.9 Å². The topological polar surface area (TPSA) is 184 Å². The molecule has 2 heterocycles. The first kappa shape index (κ1) is 45.9. The second kappa shape index (κ2) is 20.4. The normalized spacial score (nSPS) is 11.8. The Morgan fingerprint density at radius 3 is 1.25 bits per heavy atom. The van der Waals surface area contributed by atoms with E-state index in [0.717, 1.165) is 33.8 Å². The number of benzene rings is 4. The molecule has 6 aromatic rings.